The molecule has 212 valence electrons. The molecule has 8 N–H and O–H groups in total. The number of hydrogen-bond acceptors (Lipinski definition) is 13. The Balaban J connectivity index is 1.46. The predicted octanol–water partition coefficient (Wildman–Crippen LogP) is -1.36. The van der Waals surface area contributed by atoms with Crippen LogP contribution in [0.4, 0.5) is 0 Å². The zero-order chi connectivity index (χ0) is 28.3. The van der Waals surface area contributed by atoms with Gasteiger partial charge in [0, 0.05) is 6.07 Å². The number of ether oxygens (including phenoxy) is 4. The van der Waals surface area contributed by atoms with Crippen LogP contribution < -0.4 is 4.74 Å². The molecule has 2 heterocycles. The normalized spacial score (nSPS) is 32.9. The molecule has 0 aromatic heterocycles. The Morgan fingerprint density at radius 1 is 1.03 bits per heavy atom. The van der Waals surface area contributed by atoms with E-state index >= 15 is 0 Å². The van der Waals surface area contributed by atoms with E-state index in [9.17, 15) is 45.6 Å². The summed E-state index contributed by atoms with van der Waals surface area (Å²) in [6.07, 6.45) is -7.74. The summed E-state index contributed by atoms with van der Waals surface area (Å²) < 4.78 is 22.2. The number of carbonyl (C=O) groups excluding carboxylic acids is 1. The summed E-state index contributed by atoms with van der Waals surface area (Å²) in [5.74, 6) is -0.810. The lowest BCUT2D eigenvalue weighted by Gasteiger charge is -2.42. The number of aliphatic hydroxyl groups excluding tert-OH is 5. The van der Waals surface area contributed by atoms with Gasteiger partial charge in [-0.25, -0.2) is 0 Å². The number of aromatic hydroxyl groups is 2. The molecule has 0 bridgehead atoms. The molecule has 13 nitrogen and oxygen atoms in total. The highest BCUT2D eigenvalue weighted by Crippen LogP contribution is 2.32. The zero-order valence-electron chi connectivity index (χ0n) is 20.5. The molecule has 2 aliphatic rings. The summed E-state index contributed by atoms with van der Waals surface area (Å²) in [6, 6.07) is 9.84. The quantitative estimate of drug-likeness (QED) is 0.134. The molecule has 2 aromatic carbocycles. The summed E-state index contributed by atoms with van der Waals surface area (Å²) in [5, 5.41) is 79.6. The van der Waals surface area contributed by atoms with Gasteiger partial charge in [0.1, 0.15) is 47.3 Å². The van der Waals surface area contributed by atoms with Crippen LogP contribution in [0, 0.1) is 0 Å². The van der Waals surface area contributed by atoms with Gasteiger partial charge in [0.05, 0.1) is 25.4 Å². The number of rotatable bonds is 9. The first-order valence-electron chi connectivity index (χ1n) is 12.0. The van der Waals surface area contributed by atoms with Gasteiger partial charge in [0.25, 0.3) is 0 Å². The van der Waals surface area contributed by atoms with Crippen molar-refractivity contribution in [3.8, 4) is 17.2 Å². The SMILES string of the molecule is O=C(/C=C/c1ccc(O[C@H]2O[C@@H](CO)[C@H](O)[C@@H](O)[C@@H]2O[C@@H]2OC[C@](O)(CO)[C@@H]2O)cc1)c1ccc(O)cc1O. The molecule has 0 saturated carbocycles. The van der Waals surface area contributed by atoms with Gasteiger partial charge < -0.3 is 59.8 Å². The first kappa shape index (κ1) is 28.9. The van der Waals surface area contributed by atoms with Crippen LogP contribution in [0.25, 0.3) is 6.08 Å². The minimum atomic E-state index is -1.99. The Bertz CT molecular complexity index is 1170. The second-order valence-corrected chi connectivity index (χ2v) is 9.28. The molecule has 0 amide bonds. The van der Waals surface area contributed by atoms with E-state index in [0.717, 1.165) is 6.07 Å². The van der Waals surface area contributed by atoms with Gasteiger partial charge in [0.2, 0.25) is 6.29 Å². The van der Waals surface area contributed by atoms with Gasteiger partial charge in [-0.2, -0.15) is 0 Å². The van der Waals surface area contributed by atoms with Gasteiger partial charge in [-0.3, -0.25) is 4.79 Å². The van der Waals surface area contributed by atoms with Crippen molar-refractivity contribution >= 4 is 11.9 Å². The Morgan fingerprint density at radius 3 is 2.36 bits per heavy atom. The molecule has 8 atom stereocenters. The first-order chi connectivity index (χ1) is 18.6. The van der Waals surface area contributed by atoms with Crippen molar-refractivity contribution in [2.75, 3.05) is 19.8 Å². The highest BCUT2D eigenvalue weighted by atomic mass is 16.8. The fraction of sp³-hybridized carbons (Fsp3) is 0.423. The molecule has 0 spiro atoms. The molecule has 2 aliphatic heterocycles. The molecular weight excluding hydrogens is 520 g/mol. The summed E-state index contributed by atoms with van der Waals surface area (Å²) in [5.41, 5.74) is -1.39. The van der Waals surface area contributed by atoms with Crippen LogP contribution in [0.15, 0.2) is 48.5 Å². The van der Waals surface area contributed by atoms with Crippen molar-refractivity contribution in [1.29, 1.82) is 0 Å². The molecule has 13 heteroatoms. The van der Waals surface area contributed by atoms with E-state index in [-0.39, 0.29) is 22.8 Å². The van der Waals surface area contributed by atoms with Crippen LogP contribution >= 0.6 is 0 Å². The zero-order valence-corrected chi connectivity index (χ0v) is 20.5. The lowest BCUT2D eigenvalue weighted by Crippen LogP contribution is -2.62. The average Bonchev–Trinajstić information content (AvgIpc) is 3.21. The van der Waals surface area contributed by atoms with Crippen LogP contribution in [0.1, 0.15) is 15.9 Å². The summed E-state index contributed by atoms with van der Waals surface area (Å²) in [7, 11) is 0. The minimum absolute atomic E-state index is 0.0115. The molecule has 2 fully saturated rings. The Kier molecular flexibility index (Phi) is 8.86. The summed E-state index contributed by atoms with van der Waals surface area (Å²) in [4.78, 5) is 12.4. The number of phenols is 2. The van der Waals surface area contributed by atoms with E-state index in [4.69, 9.17) is 18.9 Å². The molecule has 2 aromatic rings. The van der Waals surface area contributed by atoms with Crippen LogP contribution in [-0.2, 0) is 14.2 Å². The summed E-state index contributed by atoms with van der Waals surface area (Å²) >= 11 is 0. The smallest absolute Gasteiger partial charge is 0.229 e. The molecule has 4 rings (SSSR count). The molecule has 0 aliphatic carbocycles. The maximum atomic E-state index is 12.4. The third kappa shape index (κ3) is 6.22. The maximum absolute atomic E-state index is 12.4. The second kappa shape index (κ2) is 12.0. The fourth-order valence-electron chi connectivity index (χ4n) is 4.14. The minimum Gasteiger partial charge on any atom is -0.508 e. The highest BCUT2D eigenvalue weighted by molar-refractivity contribution is 6.08. The third-order valence-corrected chi connectivity index (χ3v) is 6.50. The Labute approximate surface area is 222 Å². The van der Waals surface area contributed by atoms with E-state index in [0.29, 0.717) is 5.56 Å². The lowest BCUT2D eigenvalue weighted by molar-refractivity contribution is -0.318. The van der Waals surface area contributed by atoms with Crippen molar-refractivity contribution in [1.82, 2.24) is 0 Å². The number of allylic oxidation sites excluding steroid dienone is 1. The third-order valence-electron chi connectivity index (χ3n) is 6.50. The Morgan fingerprint density at radius 2 is 1.74 bits per heavy atom. The van der Waals surface area contributed by atoms with Crippen molar-refractivity contribution < 1.29 is 64.6 Å². The number of benzene rings is 2. The molecule has 39 heavy (non-hydrogen) atoms. The van der Waals surface area contributed by atoms with Gasteiger partial charge >= 0.3 is 0 Å². The number of ketones is 1. The van der Waals surface area contributed by atoms with E-state index in [1.165, 1.54) is 36.4 Å². The lowest BCUT2D eigenvalue weighted by atomic mass is 9.98. The number of aliphatic hydroxyl groups is 6. The van der Waals surface area contributed by atoms with Gasteiger partial charge in [0.15, 0.2) is 18.2 Å². The first-order valence-corrected chi connectivity index (χ1v) is 12.0. The van der Waals surface area contributed by atoms with E-state index in [1.807, 2.05) is 0 Å². The second-order valence-electron chi connectivity index (χ2n) is 9.28. The van der Waals surface area contributed by atoms with Crippen LogP contribution in [0.5, 0.6) is 17.2 Å². The van der Waals surface area contributed by atoms with Crippen LogP contribution in [0.3, 0.4) is 0 Å². The van der Waals surface area contributed by atoms with Gasteiger partial charge in [-0.05, 0) is 35.9 Å². The van der Waals surface area contributed by atoms with Crippen molar-refractivity contribution in [3.63, 3.8) is 0 Å². The standard InChI is InChI=1S/C26H30O13/c27-10-19-20(32)21(33)22(39-25-23(34)26(35,11-28)12-36-25)24(38-19)37-15-5-1-13(2-6-15)3-8-17(30)16-7-4-14(29)9-18(16)31/h1-9,19-25,27-29,31-35H,10-12H2/b8-3+/t19-,20-,21+,22-,23+,24-,25-,26+/m0/s1. The average molecular weight is 551 g/mol. The largest absolute Gasteiger partial charge is 0.508 e. The Hall–Kier alpha value is -3.11. The van der Waals surface area contributed by atoms with Crippen LogP contribution in [0.2, 0.25) is 0 Å². The monoisotopic (exact) mass is 550 g/mol. The molecule has 0 radical (unpaired) electrons. The fourth-order valence-corrected chi connectivity index (χ4v) is 4.14. The summed E-state index contributed by atoms with van der Waals surface area (Å²) in [6.45, 7) is -1.91. The van der Waals surface area contributed by atoms with Crippen molar-refractivity contribution in [3.05, 3.63) is 59.7 Å². The van der Waals surface area contributed by atoms with E-state index in [1.54, 1.807) is 12.1 Å². The highest BCUT2D eigenvalue weighted by Gasteiger charge is 2.53. The van der Waals surface area contributed by atoms with E-state index < -0.39 is 74.3 Å². The van der Waals surface area contributed by atoms with E-state index in [2.05, 4.69) is 0 Å². The number of carbonyl (C=O) groups is 1. The topological polar surface area (TPSA) is 216 Å². The molecule has 0 unspecified atom stereocenters. The van der Waals surface area contributed by atoms with Gasteiger partial charge in [-0.15, -0.1) is 0 Å². The molecule has 2 saturated heterocycles. The number of hydrogen-bond donors (Lipinski definition) is 8. The molecular formula is C26H30O13. The van der Waals surface area contributed by atoms with Gasteiger partial charge in [-0.1, -0.05) is 18.2 Å². The maximum Gasteiger partial charge on any atom is 0.229 e. The van der Waals surface area contributed by atoms with Crippen molar-refractivity contribution in [2.45, 2.75) is 48.7 Å². The van der Waals surface area contributed by atoms with Crippen LogP contribution in [-0.4, -0.2) is 115 Å². The predicted molar refractivity (Wildman–Crippen MR) is 131 cm³/mol. The van der Waals surface area contributed by atoms with Crippen molar-refractivity contribution in [2.24, 2.45) is 0 Å². The number of phenolic OH excluding ortho intramolecular Hbond substituents is 2.